The van der Waals surface area contributed by atoms with E-state index in [1.54, 1.807) is 0 Å². The molecule has 4 unspecified atom stereocenters. The lowest BCUT2D eigenvalue weighted by molar-refractivity contribution is -0.238. The minimum absolute atomic E-state index is 0.00375. The van der Waals surface area contributed by atoms with E-state index in [-0.39, 0.29) is 23.2 Å². The van der Waals surface area contributed by atoms with Crippen LogP contribution in [0.2, 0.25) is 0 Å². The molecule has 1 heterocycles. The second-order valence-electron chi connectivity index (χ2n) is 14.1. The van der Waals surface area contributed by atoms with Gasteiger partial charge >= 0.3 is 0 Å². The largest absolute Gasteiger partial charge is 0.393 e. The van der Waals surface area contributed by atoms with E-state index in [2.05, 4.69) is 13.8 Å². The summed E-state index contributed by atoms with van der Waals surface area (Å²) < 4.78 is 11.8. The molecule has 0 spiro atoms. The van der Waals surface area contributed by atoms with E-state index >= 15 is 0 Å². The maximum absolute atomic E-state index is 12.3. The zero-order chi connectivity index (χ0) is 23.5. The third-order valence-corrected chi connectivity index (χ3v) is 12.9. The van der Waals surface area contributed by atoms with Crippen LogP contribution in [0.3, 0.4) is 0 Å². The first-order valence-corrected chi connectivity index (χ1v) is 14.6. The smallest absolute Gasteiger partial charge is 0.157 e. The van der Waals surface area contributed by atoms with E-state index in [4.69, 9.17) is 9.47 Å². The Morgan fingerprint density at radius 3 is 2.50 bits per heavy atom. The Morgan fingerprint density at radius 2 is 1.71 bits per heavy atom. The summed E-state index contributed by atoms with van der Waals surface area (Å²) in [6.07, 6.45) is 11.6. The zero-order valence-electron chi connectivity index (χ0n) is 21.3. The van der Waals surface area contributed by atoms with E-state index in [0.717, 1.165) is 64.4 Å². The highest BCUT2D eigenvalue weighted by molar-refractivity contribution is 5.29. The van der Waals surface area contributed by atoms with Gasteiger partial charge in [-0.05, 0) is 123 Å². The van der Waals surface area contributed by atoms with Crippen molar-refractivity contribution in [3.05, 3.63) is 0 Å². The second-order valence-corrected chi connectivity index (χ2v) is 14.1. The summed E-state index contributed by atoms with van der Waals surface area (Å²) >= 11 is 0. The van der Waals surface area contributed by atoms with Gasteiger partial charge in [0.25, 0.3) is 0 Å². The van der Waals surface area contributed by atoms with Gasteiger partial charge in [0.15, 0.2) is 6.29 Å². The number of hydrogen-bond donors (Lipinski definition) is 3. The van der Waals surface area contributed by atoms with Crippen LogP contribution in [0, 0.1) is 52.3 Å². The molecule has 6 aliphatic carbocycles. The van der Waals surface area contributed by atoms with Crippen LogP contribution < -0.4 is 0 Å². The summed E-state index contributed by atoms with van der Waals surface area (Å²) in [6, 6.07) is 0. The molecule has 0 aromatic rings. The van der Waals surface area contributed by atoms with Crippen LogP contribution in [0.1, 0.15) is 90.9 Å². The topological polar surface area (TPSA) is 79.2 Å². The summed E-state index contributed by atoms with van der Waals surface area (Å²) in [7, 11) is 0. The molecule has 34 heavy (non-hydrogen) atoms. The van der Waals surface area contributed by atoms with Crippen molar-refractivity contribution in [1.29, 1.82) is 0 Å². The monoisotopic (exact) mass is 474 g/mol. The van der Waals surface area contributed by atoms with Crippen LogP contribution in [0.4, 0.5) is 0 Å². The minimum atomic E-state index is -0.680. The third kappa shape index (κ3) is 2.85. The number of hydrogen-bond acceptors (Lipinski definition) is 5. The second kappa shape index (κ2) is 7.43. The molecular formula is C29H46O5. The van der Waals surface area contributed by atoms with E-state index in [9.17, 15) is 15.3 Å². The van der Waals surface area contributed by atoms with Gasteiger partial charge in [-0.15, -0.1) is 0 Å². The van der Waals surface area contributed by atoms with Gasteiger partial charge in [0, 0.05) is 19.6 Å². The first kappa shape index (κ1) is 23.0. The molecule has 7 aliphatic rings. The Morgan fingerprint density at radius 1 is 0.912 bits per heavy atom. The van der Waals surface area contributed by atoms with Crippen molar-refractivity contribution in [1.82, 2.24) is 0 Å². The van der Waals surface area contributed by atoms with Crippen LogP contribution in [-0.4, -0.2) is 52.1 Å². The number of fused-ring (bicyclic) bond motifs is 10. The van der Waals surface area contributed by atoms with Crippen molar-refractivity contribution >= 4 is 0 Å². The van der Waals surface area contributed by atoms with Gasteiger partial charge in [0.2, 0.25) is 0 Å². The van der Waals surface area contributed by atoms with Crippen molar-refractivity contribution in [2.24, 2.45) is 52.3 Å². The van der Waals surface area contributed by atoms with Crippen molar-refractivity contribution in [2.45, 2.75) is 114 Å². The molecule has 0 amide bonds. The fourth-order valence-corrected chi connectivity index (χ4v) is 11.2. The average molecular weight is 475 g/mol. The molecular weight excluding hydrogens is 428 g/mol. The Hall–Kier alpha value is -0.200. The Balaban J connectivity index is 1.10. The van der Waals surface area contributed by atoms with Crippen LogP contribution in [0.15, 0.2) is 0 Å². The van der Waals surface area contributed by atoms with Gasteiger partial charge in [-0.1, -0.05) is 13.8 Å². The van der Waals surface area contributed by atoms with Crippen molar-refractivity contribution in [2.75, 3.05) is 13.2 Å². The molecule has 0 aromatic carbocycles. The maximum Gasteiger partial charge on any atom is 0.157 e. The molecule has 192 valence electrons. The fourth-order valence-electron chi connectivity index (χ4n) is 11.2. The highest BCUT2D eigenvalue weighted by atomic mass is 16.7. The SMILES string of the molecule is C[C@]12CCC3C(C1[C@@H]1C[C@@H]1[C@@]2(O)CCCOC1CCCCO1)[C@H]1C[C@H]1[C@]1(O)C[C@@H](O)CC[C@]31C. The molecule has 13 atom stereocenters. The first-order valence-electron chi connectivity index (χ1n) is 14.6. The maximum atomic E-state index is 12.3. The summed E-state index contributed by atoms with van der Waals surface area (Å²) in [5, 5.41) is 34.7. The van der Waals surface area contributed by atoms with Gasteiger partial charge in [0.05, 0.1) is 17.3 Å². The van der Waals surface area contributed by atoms with Crippen LogP contribution in [0.25, 0.3) is 0 Å². The lowest BCUT2D eigenvalue weighted by Crippen LogP contribution is -2.65. The van der Waals surface area contributed by atoms with Gasteiger partial charge in [-0.3, -0.25) is 0 Å². The first-order chi connectivity index (χ1) is 16.2. The summed E-state index contributed by atoms with van der Waals surface area (Å²) in [6.45, 7) is 6.30. The minimum Gasteiger partial charge on any atom is -0.393 e. The van der Waals surface area contributed by atoms with Gasteiger partial charge in [0.1, 0.15) is 0 Å². The summed E-state index contributed by atoms with van der Waals surface area (Å²) in [5.74, 6) is 3.91. The lowest BCUT2D eigenvalue weighted by atomic mass is 9.42. The summed E-state index contributed by atoms with van der Waals surface area (Å²) in [4.78, 5) is 0. The highest BCUT2D eigenvalue weighted by Gasteiger charge is 2.81. The predicted octanol–water partition coefficient (Wildman–Crippen LogP) is 4.27. The van der Waals surface area contributed by atoms with Gasteiger partial charge in [-0.25, -0.2) is 0 Å². The molecule has 5 heteroatoms. The lowest BCUT2D eigenvalue weighted by Gasteiger charge is -2.64. The van der Waals surface area contributed by atoms with E-state index < -0.39 is 11.2 Å². The standard InChI is InChI=1S/C29H46O5/c1-26-10-7-17(30)16-29(26,32)21-14-18(21)24-20(26)8-11-27(2)25(24)19-15-22(19)28(27,31)9-5-13-34-23-6-3-4-12-33-23/h17-25,30-32H,3-16H2,1-2H3/t17-,18-,19+,20?,21+,22-,23?,24?,25?,26+,27-,28-,29+/m0/s1. The third-order valence-electron chi connectivity index (χ3n) is 12.9. The number of ether oxygens (including phenoxy) is 2. The van der Waals surface area contributed by atoms with E-state index in [0.29, 0.717) is 54.5 Å². The molecule has 0 bridgehead atoms. The molecule has 1 aliphatic heterocycles. The van der Waals surface area contributed by atoms with Crippen molar-refractivity contribution in [3.63, 3.8) is 0 Å². The predicted molar refractivity (Wildman–Crippen MR) is 128 cm³/mol. The van der Waals surface area contributed by atoms with E-state index in [1.807, 2.05) is 0 Å². The number of rotatable bonds is 5. The Bertz CT molecular complexity index is 827. The molecule has 3 N–H and O–H groups in total. The molecule has 7 rings (SSSR count). The van der Waals surface area contributed by atoms with Gasteiger partial charge < -0.3 is 24.8 Å². The van der Waals surface area contributed by atoms with Gasteiger partial charge in [-0.2, -0.15) is 0 Å². The van der Waals surface area contributed by atoms with Crippen LogP contribution in [-0.2, 0) is 9.47 Å². The Kier molecular flexibility index (Phi) is 5.02. The fraction of sp³-hybridized carbons (Fsp3) is 1.00. The molecule has 6 saturated carbocycles. The zero-order valence-corrected chi connectivity index (χ0v) is 21.3. The number of aliphatic hydroxyl groups excluding tert-OH is 1. The van der Waals surface area contributed by atoms with Crippen LogP contribution in [0.5, 0.6) is 0 Å². The van der Waals surface area contributed by atoms with Crippen molar-refractivity contribution < 1.29 is 24.8 Å². The molecule has 7 fully saturated rings. The normalized spacial score (nSPS) is 61.5. The van der Waals surface area contributed by atoms with E-state index in [1.165, 1.54) is 12.8 Å². The molecule has 0 radical (unpaired) electrons. The molecule has 5 nitrogen and oxygen atoms in total. The van der Waals surface area contributed by atoms with Crippen molar-refractivity contribution in [3.8, 4) is 0 Å². The average Bonchev–Trinajstić information content (AvgIpc) is 3.72. The van der Waals surface area contributed by atoms with Crippen LogP contribution >= 0.6 is 0 Å². The number of aliphatic hydroxyl groups is 3. The quantitative estimate of drug-likeness (QED) is 0.519. The highest BCUT2D eigenvalue weighted by Crippen LogP contribution is 2.82. The molecule has 0 aromatic heterocycles. The Labute approximate surface area is 205 Å². The molecule has 1 saturated heterocycles. The summed E-state index contributed by atoms with van der Waals surface area (Å²) in [5.41, 5.74) is -1.32.